The molecule has 6 heteroatoms. The summed E-state index contributed by atoms with van der Waals surface area (Å²) in [6, 6.07) is 4.22. The fourth-order valence-corrected chi connectivity index (χ4v) is 3.24. The van der Waals surface area contributed by atoms with Crippen molar-refractivity contribution in [3.05, 3.63) is 35.4 Å². The topological polar surface area (TPSA) is 55.1 Å². The van der Waals surface area contributed by atoms with Gasteiger partial charge in [0.25, 0.3) is 0 Å². The minimum absolute atomic E-state index is 0. The lowest BCUT2D eigenvalue weighted by molar-refractivity contribution is -0.123. The lowest BCUT2D eigenvalue weighted by Gasteiger charge is -2.26. The highest BCUT2D eigenvalue weighted by molar-refractivity contribution is 5.85. The van der Waals surface area contributed by atoms with Crippen LogP contribution >= 0.6 is 12.4 Å². The van der Waals surface area contributed by atoms with Crippen molar-refractivity contribution in [2.24, 2.45) is 11.7 Å². The van der Waals surface area contributed by atoms with Gasteiger partial charge in [-0.25, -0.2) is 8.78 Å². The molecule has 3 N–H and O–H groups in total. The molecule has 0 radical (unpaired) electrons. The van der Waals surface area contributed by atoms with Crippen molar-refractivity contribution in [2.45, 2.75) is 50.1 Å². The molecule has 2 atom stereocenters. The van der Waals surface area contributed by atoms with E-state index in [1.165, 1.54) is 18.2 Å². The second kappa shape index (κ2) is 6.92. The molecular weight excluding hydrogens is 310 g/mol. The van der Waals surface area contributed by atoms with Gasteiger partial charge in [0.1, 0.15) is 11.6 Å². The van der Waals surface area contributed by atoms with Crippen molar-refractivity contribution in [3.63, 3.8) is 0 Å². The summed E-state index contributed by atoms with van der Waals surface area (Å²) in [5.74, 6) is -1.81. The zero-order valence-corrected chi connectivity index (χ0v) is 13.0. The van der Waals surface area contributed by atoms with Crippen LogP contribution in [0.1, 0.15) is 43.6 Å². The van der Waals surface area contributed by atoms with Gasteiger partial charge in [0.15, 0.2) is 0 Å². The minimum Gasteiger partial charge on any atom is -0.353 e. The Kier molecular flexibility index (Phi) is 5.40. The molecular formula is C16H21ClF2N2O. The predicted molar refractivity (Wildman–Crippen MR) is 82.8 cm³/mol. The maximum atomic E-state index is 13.7. The van der Waals surface area contributed by atoms with Crippen molar-refractivity contribution in [1.82, 2.24) is 5.32 Å². The fraction of sp³-hybridized carbons (Fsp3) is 0.562. The number of carbonyl (C=O) groups excluding carboxylic acids is 1. The van der Waals surface area contributed by atoms with E-state index in [-0.39, 0.29) is 47.8 Å². The maximum absolute atomic E-state index is 13.7. The summed E-state index contributed by atoms with van der Waals surface area (Å²) in [5.41, 5.74) is 5.89. The highest BCUT2D eigenvalue weighted by atomic mass is 35.5. The number of nitrogens with two attached hydrogens (primary N) is 1. The van der Waals surface area contributed by atoms with E-state index in [4.69, 9.17) is 5.73 Å². The molecule has 0 heterocycles. The third-order valence-corrected chi connectivity index (χ3v) is 4.62. The molecule has 22 heavy (non-hydrogen) atoms. The van der Waals surface area contributed by atoms with Gasteiger partial charge >= 0.3 is 0 Å². The third-order valence-electron chi connectivity index (χ3n) is 4.62. The molecule has 2 aliphatic carbocycles. The van der Waals surface area contributed by atoms with Crippen LogP contribution in [0.3, 0.4) is 0 Å². The lowest BCUT2D eigenvalue weighted by atomic mass is 9.91. The molecule has 122 valence electrons. The van der Waals surface area contributed by atoms with Gasteiger partial charge in [-0.05, 0) is 44.2 Å². The summed E-state index contributed by atoms with van der Waals surface area (Å²) in [7, 11) is 0. The molecule has 2 aliphatic rings. The Balaban J connectivity index is 0.00000176. The van der Waals surface area contributed by atoms with E-state index in [1.54, 1.807) is 0 Å². The quantitative estimate of drug-likeness (QED) is 0.895. The number of rotatable bonds is 3. The smallest absolute Gasteiger partial charge is 0.223 e. The van der Waals surface area contributed by atoms with Crippen LogP contribution in [0.15, 0.2) is 18.2 Å². The molecule has 1 aromatic rings. The van der Waals surface area contributed by atoms with E-state index < -0.39 is 11.6 Å². The standard InChI is InChI=1S/C16H20F2N2O.ClH/c17-13-2-1-3-14(18)15(13)11-8-12(11)16(21)20-10-6-4-9(19)5-7-10;/h1-3,9-12H,4-8,19H2,(H,20,21);1H. The van der Waals surface area contributed by atoms with Crippen LogP contribution in [-0.2, 0) is 4.79 Å². The minimum atomic E-state index is -0.557. The molecule has 0 aromatic heterocycles. The molecule has 2 saturated carbocycles. The number of hydrogen-bond donors (Lipinski definition) is 2. The van der Waals surface area contributed by atoms with Crippen LogP contribution in [0.25, 0.3) is 0 Å². The van der Waals surface area contributed by atoms with Crippen LogP contribution < -0.4 is 11.1 Å². The van der Waals surface area contributed by atoms with Crippen LogP contribution in [0.4, 0.5) is 8.78 Å². The lowest BCUT2D eigenvalue weighted by Crippen LogP contribution is -2.41. The Labute approximate surface area is 135 Å². The zero-order chi connectivity index (χ0) is 15.0. The Morgan fingerprint density at radius 1 is 1.14 bits per heavy atom. The Hall–Kier alpha value is -1.20. The first-order valence-corrected chi connectivity index (χ1v) is 7.56. The molecule has 3 nitrogen and oxygen atoms in total. The number of nitrogens with one attached hydrogen (secondary N) is 1. The highest BCUT2D eigenvalue weighted by Gasteiger charge is 2.47. The van der Waals surface area contributed by atoms with Crippen LogP contribution in [-0.4, -0.2) is 18.0 Å². The van der Waals surface area contributed by atoms with Crippen molar-refractivity contribution in [1.29, 1.82) is 0 Å². The van der Waals surface area contributed by atoms with Crippen LogP contribution in [0.2, 0.25) is 0 Å². The summed E-state index contributed by atoms with van der Waals surface area (Å²) < 4.78 is 27.4. The summed E-state index contributed by atoms with van der Waals surface area (Å²) in [4.78, 5) is 12.2. The summed E-state index contributed by atoms with van der Waals surface area (Å²) in [6.07, 6.45) is 4.13. The molecule has 0 aliphatic heterocycles. The zero-order valence-electron chi connectivity index (χ0n) is 12.2. The summed E-state index contributed by atoms with van der Waals surface area (Å²) in [5, 5.41) is 3.00. The van der Waals surface area contributed by atoms with E-state index in [1.807, 2.05) is 0 Å². The van der Waals surface area contributed by atoms with E-state index in [0.29, 0.717) is 6.42 Å². The van der Waals surface area contributed by atoms with Crippen LogP contribution in [0.5, 0.6) is 0 Å². The maximum Gasteiger partial charge on any atom is 0.223 e. The van der Waals surface area contributed by atoms with Gasteiger partial charge < -0.3 is 11.1 Å². The fourth-order valence-electron chi connectivity index (χ4n) is 3.24. The molecule has 0 spiro atoms. The average molecular weight is 331 g/mol. The molecule has 1 amide bonds. The monoisotopic (exact) mass is 330 g/mol. The summed E-state index contributed by atoms with van der Waals surface area (Å²) >= 11 is 0. The first kappa shape index (κ1) is 17.2. The Morgan fingerprint density at radius 2 is 1.73 bits per heavy atom. The van der Waals surface area contributed by atoms with E-state index in [0.717, 1.165) is 25.7 Å². The van der Waals surface area contributed by atoms with Crippen molar-refractivity contribution >= 4 is 18.3 Å². The molecule has 0 bridgehead atoms. The van der Waals surface area contributed by atoms with Gasteiger partial charge in [-0.1, -0.05) is 6.07 Å². The molecule has 2 fully saturated rings. The van der Waals surface area contributed by atoms with Gasteiger partial charge in [-0.2, -0.15) is 0 Å². The second-order valence-electron chi connectivity index (χ2n) is 6.20. The molecule has 1 aromatic carbocycles. The molecule has 3 rings (SSSR count). The number of carbonyl (C=O) groups is 1. The van der Waals surface area contributed by atoms with Gasteiger partial charge in [-0.3, -0.25) is 4.79 Å². The number of halogens is 3. The highest BCUT2D eigenvalue weighted by Crippen LogP contribution is 2.49. The van der Waals surface area contributed by atoms with Crippen molar-refractivity contribution < 1.29 is 13.6 Å². The van der Waals surface area contributed by atoms with Gasteiger partial charge in [0.05, 0.1) is 0 Å². The van der Waals surface area contributed by atoms with Gasteiger partial charge in [-0.15, -0.1) is 12.4 Å². The normalized spacial score (nSPS) is 30.3. The largest absolute Gasteiger partial charge is 0.353 e. The van der Waals surface area contributed by atoms with E-state index in [2.05, 4.69) is 5.32 Å². The van der Waals surface area contributed by atoms with Gasteiger partial charge in [0, 0.05) is 29.5 Å². The second-order valence-corrected chi connectivity index (χ2v) is 6.20. The Bertz CT molecular complexity index is 527. The van der Waals surface area contributed by atoms with E-state index >= 15 is 0 Å². The Morgan fingerprint density at radius 3 is 2.32 bits per heavy atom. The molecule has 2 unspecified atom stereocenters. The SMILES string of the molecule is Cl.NC1CCC(NC(=O)C2CC2c2c(F)cccc2F)CC1. The van der Waals surface area contributed by atoms with Crippen LogP contribution in [0, 0.1) is 17.6 Å². The number of amides is 1. The number of hydrogen-bond acceptors (Lipinski definition) is 2. The average Bonchev–Trinajstić information content (AvgIpc) is 3.21. The predicted octanol–water partition coefficient (Wildman–Crippen LogP) is 2.88. The summed E-state index contributed by atoms with van der Waals surface area (Å²) in [6.45, 7) is 0. The van der Waals surface area contributed by atoms with E-state index in [9.17, 15) is 13.6 Å². The molecule has 0 saturated heterocycles. The number of benzene rings is 1. The van der Waals surface area contributed by atoms with Crippen molar-refractivity contribution in [2.75, 3.05) is 0 Å². The first-order chi connectivity index (χ1) is 10.1. The van der Waals surface area contributed by atoms with Crippen molar-refractivity contribution in [3.8, 4) is 0 Å². The third kappa shape index (κ3) is 3.58. The van der Waals surface area contributed by atoms with Gasteiger partial charge in [0.2, 0.25) is 5.91 Å². The first-order valence-electron chi connectivity index (χ1n) is 7.56.